The minimum atomic E-state index is -0.508. The van der Waals surface area contributed by atoms with E-state index in [-0.39, 0.29) is 0 Å². The van der Waals surface area contributed by atoms with E-state index >= 15 is 0 Å². The number of methoxy groups -OCH3 is 1. The molecule has 1 aliphatic heterocycles. The molecule has 5 heteroatoms. The summed E-state index contributed by atoms with van der Waals surface area (Å²) >= 11 is 0. The van der Waals surface area contributed by atoms with E-state index in [1.54, 1.807) is 6.21 Å². The molecule has 0 saturated carbocycles. The summed E-state index contributed by atoms with van der Waals surface area (Å²) < 4.78 is 15.5. The van der Waals surface area contributed by atoms with Gasteiger partial charge in [-0.15, -0.1) is 0 Å². The first-order valence-electron chi connectivity index (χ1n) is 5.31. The van der Waals surface area contributed by atoms with Gasteiger partial charge in [0, 0.05) is 31.4 Å². The van der Waals surface area contributed by atoms with Gasteiger partial charge in [-0.2, -0.15) is 0 Å². The van der Waals surface area contributed by atoms with Crippen molar-refractivity contribution in [1.82, 2.24) is 0 Å². The van der Waals surface area contributed by atoms with Crippen LogP contribution in [0.3, 0.4) is 0 Å². The number of ether oxygens (including phenoxy) is 3. The second-order valence-corrected chi connectivity index (χ2v) is 3.12. The molecule has 0 amide bonds. The Kier molecular flexibility index (Phi) is 5.14. The van der Waals surface area contributed by atoms with Crippen LogP contribution in [-0.4, -0.2) is 38.8 Å². The fourth-order valence-electron chi connectivity index (χ4n) is 1.46. The summed E-state index contributed by atoms with van der Waals surface area (Å²) in [6.07, 6.45) is 1.72. The Balaban J connectivity index is 2.85. The van der Waals surface area contributed by atoms with Crippen molar-refractivity contribution in [3.8, 4) is 0 Å². The number of hydrogen-bond acceptors (Lipinski definition) is 5. The van der Waals surface area contributed by atoms with Gasteiger partial charge in [0.2, 0.25) is 0 Å². The monoisotopic (exact) mass is 227 g/mol. The van der Waals surface area contributed by atoms with E-state index in [4.69, 9.17) is 9.47 Å². The second-order valence-electron chi connectivity index (χ2n) is 3.12. The maximum absolute atomic E-state index is 11.4. The number of rotatable bonds is 6. The number of hydrogen-bond donors (Lipinski definition) is 0. The summed E-state index contributed by atoms with van der Waals surface area (Å²) in [7, 11) is 1.33. The van der Waals surface area contributed by atoms with E-state index in [0.29, 0.717) is 25.3 Å². The average Bonchev–Trinajstić information content (AvgIpc) is 2.76. The van der Waals surface area contributed by atoms with Crippen molar-refractivity contribution in [2.75, 3.05) is 20.3 Å². The van der Waals surface area contributed by atoms with Gasteiger partial charge in [0.25, 0.3) is 0 Å². The molecule has 0 unspecified atom stereocenters. The summed E-state index contributed by atoms with van der Waals surface area (Å²) in [4.78, 5) is 15.4. The lowest BCUT2D eigenvalue weighted by molar-refractivity contribution is -0.137. The zero-order valence-corrected chi connectivity index (χ0v) is 9.86. The molecular weight excluding hydrogens is 210 g/mol. The molecule has 1 rings (SSSR count). The molecule has 0 fully saturated rings. The van der Waals surface area contributed by atoms with Crippen molar-refractivity contribution in [2.45, 2.75) is 26.6 Å². The normalized spacial score (nSPS) is 15.0. The van der Waals surface area contributed by atoms with Crippen LogP contribution in [0, 0.1) is 0 Å². The van der Waals surface area contributed by atoms with Crippen LogP contribution in [0.25, 0.3) is 0 Å². The SMILES string of the molecule is CCOC(OCC)C1=C(C(=O)OC)N=CC1. The molecule has 0 aliphatic carbocycles. The molecule has 0 aromatic rings. The van der Waals surface area contributed by atoms with Gasteiger partial charge in [0.1, 0.15) is 0 Å². The van der Waals surface area contributed by atoms with Crippen molar-refractivity contribution in [1.29, 1.82) is 0 Å². The first-order chi connectivity index (χ1) is 7.74. The first kappa shape index (κ1) is 12.9. The van der Waals surface area contributed by atoms with E-state index in [0.717, 1.165) is 5.57 Å². The molecule has 0 spiro atoms. The number of carbonyl (C=O) groups excluding carboxylic acids is 1. The lowest BCUT2D eigenvalue weighted by Crippen LogP contribution is -2.22. The van der Waals surface area contributed by atoms with Crippen molar-refractivity contribution in [2.24, 2.45) is 4.99 Å². The van der Waals surface area contributed by atoms with E-state index < -0.39 is 12.3 Å². The third-order valence-electron chi connectivity index (χ3n) is 2.14. The minimum absolute atomic E-state index is 0.300. The molecule has 90 valence electrons. The number of carbonyl (C=O) groups is 1. The summed E-state index contributed by atoms with van der Waals surface area (Å²) in [6.45, 7) is 4.78. The molecule has 0 saturated heterocycles. The molecule has 0 atom stereocenters. The van der Waals surface area contributed by atoms with Gasteiger partial charge in [-0.05, 0) is 13.8 Å². The minimum Gasteiger partial charge on any atom is -0.464 e. The van der Waals surface area contributed by atoms with Crippen molar-refractivity contribution >= 4 is 12.2 Å². The Morgan fingerprint density at radius 1 is 1.44 bits per heavy atom. The Bertz CT molecular complexity index is 303. The zero-order chi connectivity index (χ0) is 12.0. The Morgan fingerprint density at radius 2 is 2.06 bits per heavy atom. The largest absolute Gasteiger partial charge is 0.464 e. The van der Waals surface area contributed by atoms with Gasteiger partial charge >= 0.3 is 5.97 Å². The predicted octanol–water partition coefficient (Wildman–Crippen LogP) is 1.29. The summed E-state index contributed by atoms with van der Waals surface area (Å²) in [6, 6.07) is 0. The Morgan fingerprint density at radius 3 is 2.56 bits per heavy atom. The molecule has 0 aromatic heterocycles. The molecule has 0 bridgehead atoms. The second kappa shape index (κ2) is 6.40. The van der Waals surface area contributed by atoms with Gasteiger partial charge in [-0.1, -0.05) is 0 Å². The van der Waals surface area contributed by atoms with Crippen molar-refractivity contribution < 1.29 is 19.0 Å². The molecule has 16 heavy (non-hydrogen) atoms. The maximum Gasteiger partial charge on any atom is 0.356 e. The third kappa shape index (κ3) is 2.90. The topological polar surface area (TPSA) is 57.1 Å². The molecule has 1 aliphatic rings. The summed E-state index contributed by atoms with van der Waals surface area (Å²) in [5.41, 5.74) is 1.03. The Labute approximate surface area is 95.1 Å². The highest BCUT2D eigenvalue weighted by atomic mass is 16.7. The highest BCUT2D eigenvalue weighted by Gasteiger charge is 2.26. The van der Waals surface area contributed by atoms with Gasteiger partial charge in [0.05, 0.1) is 7.11 Å². The first-order valence-corrected chi connectivity index (χ1v) is 5.31. The number of esters is 1. The zero-order valence-electron chi connectivity index (χ0n) is 9.86. The molecule has 0 N–H and O–H groups in total. The Hall–Kier alpha value is -1.20. The van der Waals surface area contributed by atoms with Gasteiger partial charge in [0.15, 0.2) is 12.0 Å². The van der Waals surface area contributed by atoms with Crippen LogP contribution in [-0.2, 0) is 19.0 Å². The fourth-order valence-corrected chi connectivity index (χ4v) is 1.46. The predicted molar refractivity (Wildman–Crippen MR) is 59.2 cm³/mol. The average molecular weight is 227 g/mol. The molecule has 5 nitrogen and oxygen atoms in total. The number of nitrogens with zero attached hydrogens (tertiary/aromatic N) is 1. The van der Waals surface area contributed by atoms with Crippen LogP contribution in [0.5, 0.6) is 0 Å². The molecule has 0 aromatic carbocycles. The lowest BCUT2D eigenvalue weighted by Gasteiger charge is -2.18. The maximum atomic E-state index is 11.4. The van der Waals surface area contributed by atoms with E-state index in [1.165, 1.54) is 7.11 Å². The van der Waals surface area contributed by atoms with Crippen LogP contribution >= 0.6 is 0 Å². The highest BCUT2D eigenvalue weighted by Crippen LogP contribution is 2.23. The smallest absolute Gasteiger partial charge is 0.356 e. The van der Waals surface area contributed by atoms with Crippen molar-refractivity contribution in [3.05, 3.63) is 11.3 Å². The van der Waals surface area contributed by atoms with Crippen molar-refractivity contribution in [3.63, 3.8) is 0 Å². The summed E-state index contributed by atoms with van der Waals surface area (Å²) in [5.74, 6) is -0.451. The van der Waals surface area contributed by atoms with Crippen LogP contribution in [0.1, 0.15) is 20.3 Å². The fraction of sp³-hybridized carbons (Fsp3) is 0.636. The van der Waals surface area contributed by atoms with Crippen LogP contribution < -0.4 is 0 Å². The molecule has 0 radical (unpaired) electrons. The third-order valence-corrected chi connectivity index (χ3v) is 2.14. The summed E-state index contributed by atoms with van der Waals surface area (Å²) in [5, 5.41) is 0. The highest BCUT2D eigenvalue weighted by molar-refractivity contribution is 5.93. The number of aliphatic imine (C=N–C) groups is 1. The van der Waals surface area contributed by atoms with Crippen LogP contribution in [0.4, 0.5) is 0 Å². The lowest BCUT2D eigenvalue weighted by atomic mass is 10.1. The van der Waals surface area contributed by atoms with Gasteiger partial charge in [-0.25, -0.2) is 4.79 Å². The van der Waals surface area contributed by atoms with Gasteiger partial charge < -0.3 is 14.2 Å². The van der Waals surface area contributed by atoms with Gasteiger partial charge in [-0.3, -0.25) is 4.99 Å². The van der Waals surface area contributed by atoms with E-state index in [2.05, 4.69) is 9.73 Å². The van der Waals surface area contributed by atoms with E-state index in [9.17, 15) is 4.79 Å². The standard InChI is InChI=1S/C11H17NO4/c1-4-15-11(16-5-2)8-6-7-12-9(8)10(13)14-3/h7,11H,4-6H2,1-3H3. The van der Waals surface area contributed by atoms with Crippen LogP contribution in [0.2, 0.25) is 0 Å². The van der Waals surface area contributed by atoms with E-state index in [1.807, 2.05) is 13.8 Å². The quantitative estimate of drug-likeness (QED) is 0.506. The van der Waals surface area contributed by atoms with Crippen LogP contribution in [0.15, 0.2) is 16.3 Å². The molecular formula is C11H17NO4. The molecule has 1 heterocycles.